The highest BCUT2D eigenvalue weighted by molar-refractivity contribution is 14.0. The number of aryl methyl sites for hydroxylation is 1. The Morgan fingerprint density at radius 1 is 1.48 bits per heavy atom. The summed E-state index contributed by atoms with van der Waals surface area (Å²) in [5.41, 5.74) is 5.76. The number of halogens is 1. The summed E-state index contributed by atoms with van der Waals surface area (Å²) in [4.78, 5) is 29.7. The Labute approximate surface area is 176 Å². The van der Waals surface area contributed by atoms with E-state index in [0.717, 1.165) is 38.4 Å². The lowest BCUT2D eigenvalue weighted by molar-refractivity contribution is -0.119. The number of likely N-dealkylation sites (tertiary alicyclic amines) is 1. The van der Waals surface area contributed by atoms with Crippen LogP contribution >= 0.6 is 24.0 Å². The molecule has 0 spiro atoms. The van der Waals surface area contributed by atoms with Gasteiger partial charge in [0.25, 0.3) is 0 Å². The van der Waals surface area contributed by atoms with Crippen molar-refractivity contribution in [3.8, 4) is 0 Å². The van der Waals surface area contributed by atoms with Crippen LogP contribution in [-0.2, 0) is 16.1 Å². The number of guanidine groups is 1. The molecule has 0 saturated carbocycles. The normalized spacial score (nSPS) is 17.2. The van der Waals surface area contributed by atoms with Gasteiger partial charge in [-0.1, -0.05) is 0 Å². The zero-order valence-corrected chi connectivity index (χ0v) is 18.4. The van der Waals surface area contributed by atoms with Crippen LogP contribution in [0.3, 0.4) is 0 Å². The van der Waals surface area contributed by atoms with Gasteiger partial charge in [0.1, 0.15) is 23.6 Å². The topological polar surface area (TPSA) is 110 Å². The molecular weight excluding hydrogens is 463 g/mol. The largest absolute Gasteiger partial charge is 0.465 e. The number of nitrogens with two attached hydrogens (primary N) is 1. The minimum Gasteiger partial charge on any atom is -0.465 e. The summed E-state index contributed by atoms with van der Waals surface area (Å²) >= 11 is 0. The number of nitrogens with zero attached hydrogens (tertiary/aromatic N) is 2. The van der Waals surface area contributed by atoms with E-state index in [1.165, 1.54) is 7.11 Å². The zero-order valence-electron chi connectivity index (χ0n) is 16.1. The summed E-state index contributed by atoms with van der Waals surface area (Å²) in [7, 11) is 1.34. The number of primary amides is 1. The second-order valence-electron chi connectivity index (χ2n) is 6.47. The quantitative estimate of drug-likeness (QED) is 0.272. The smallest absolute Gasteiger partial charge is 0.341 e. The molecule has 9 heteroatoms. The van der Waals surface area contributed by atoms with Gasteiger partial charge in [-0.25, -0.2) is 9.79 Å². The molecule has 3 N–H and O–H groups in total. The van der Waals surface area contributed by atoms with Crippen molar-refractivity contribution in [2.45, 2.75) is 39.7 Å². The molecule has 0 aromatic carbocycles. The van der Waals surface area contributed by atoms with Gasteiger partial charge in [-0.2, -0.15) is 0 Å². The molecule has 0 bridgehead atoms. The maximum atomic E-state index is 11.7. The van der Waals surface area contributed by atoms with E-state index in [4.69, 9.17) is 14.9 Å². The number of rotatable bonds is 6. The molecule has 1 unspecified atom stereocenters. The molecule has 8 nitrogen and oxygen atoms in total. The standard InChI is InChI=1S/C18H28N4O4.HI/c1-4-20-18(22-7-5-6-13(11-22)8-16(19)23)21-10-14-9-15(12(2)26-14)17(24)25-3;/h9,13H,4-8,10-11H2,1-3H3,(H2,19,23)(H,20,21);1H. The van der Waals surface area contributed by atoms with E-state index in [0.29, 0.717) is 30.0 Å². The molecular formula is C18H29IN4O4. The van der Waals surface area contributed by atoms with Crippen molar-refractivity contribution in [3.63, 3.8) is 0 Å². The summed E-state index contributed by atoms with van der Waals surface area (Å²) in [6.45, 7) is 6.42. The highest BCUT2D eigenvalue weighted by Crippen LogP contribution is 2.20. The number of carbonyl (C=O) groups excluding carboxylic acids is 2. The van der Waals surface area contributed by atoms with Gasteiger partial charge in [-0.15, -0.1) is 24.0 Å². The van der Waals surface area contributed by atoms with Gasteiger partial charge < -0.3 is 25.1 Å². The van der Waals surface area contributed by atoms with Crippen molar-refractivity contribution in [2.75, 3.05) is 26.7 Å². The summed E-state index contributed by atoms with van der Waals surface area (Å²) in [5, 5.41) is 3.28. The van der Waals surface area contributed by atoms with E-state index < -0.39 is 5.97 Å². The number of esters is 1. The van der Waals surface area contributed by atoms with Crippen LogP contribution in [0.2, 0.25) is 0 Å². The lowest BCUT2D eigenvalue weighted by Crippen LogP contribution is -2.47. The average molecular weight is 492 g/mol. The molecule has 1 aromatic heterocycles. The van der Waals surface area contributed by atoms with Crippen molar-refractivity contribution in [1.29, 1.82) is 0 Å². The second-order valence-corrected chi connectivity index (χ2v) is 6.47. The van der Waals surface area contributed by atoms with Crippen LogP contribution in [-0.4, -0.2) is 49.5 Å². The Hall–Kier alpha value is -1.78. The Morgan fingerprint density at radius 2 is 2.22 bits per heavy atom. The fourth-order valence-corrected chi connectivity index (χ4v) is 3.22. The summed E-state index contributed by atoms with van der Waals surface area (Å²) in [5.74, 6) is 1.46. The minimum absolute atomic E-state index is 0. The summed E-state index contributed by atoms with van der Waals surface area (Å²) in [6, 6.07) is 1.67. The number of methoxy groups -OCH3 is 1. The Balaban J connectivity index is 0.00000364. The van der Waals surface area contributed by atoms with Crippen molar-refractivity contribution in [3.05, 3.63) is 23.2 Å². The van der Waals surface area contributed by atoms with Gasteiger partial charge in [0, 0.05) is 26.1 Å². The zero-order chi connectivity index (χ0) is 19.1. The molecule has 2 heterocycles. The van der Waals surface area contributed by atoms with Gasteiger partial charge in [0.05, 0.1) is 7.11 Å². The first-order valence-electron chi connectivity index (χ1n) is 8.93. The van der Waals surface area contributed by atoms with E-state index in [9.17, 15) is 9.59 Å². The molecule has 1 saturated heterocycles. The predicted octanol–water partition coefficient (Wildman–Crippen LogP) is 2.05. The lowest BCUT2D eigenvalue weighted by Gasteiger charge is -2.34. The van der Waals surface area contributed by atoms with Crippen LogP contribution in [0.25, 0.3) is 0 Å². The van der Waals surface area contributed by atoms with Gasteiger partial charge in [0.15, 0.2) is 5.96 Å². The molecule has 0 radical (unpaired) electrons. The highest BCUT2D eigenvalue weighted by Gasteiger charge is 2.23. The Morgan fingerprint density at radius 3 is 2.85 bits per heavy atom. The van der Waals surface area contributed by atoms with Crippen LogP contribution in [0.4, 0.5) is 0 Å². The fourth-order valence-electron chi connectivity index (χ4n) is 3.22. The number of hydrogen-bond acceptors (Lipinski definition) is 5. The van der Waals surface area contributed by atoms with Crippen molar-refractivity contribution < 1.29 is 18.7 Å². The van der Waals surface area contributed by atoms with Crippen LogP contribution in [0.5, 0.6) is 0 Å². The number of nitrogens with one attached hydrogen (secondary N) is 1. The monoisotopic (exact) mass is 492 g/mol. The lowest BCUT2D eigenvalue weighted by atomic mass is 9.95. The summed E-state index contributed by atoms with van der Waals surface area (Å²) in [6.07, 6.45) is 2.39. The van der Waals surface area contributed by atoms with Crippen LogP contribution < -0.4 is 11.1 Å². The molecule has 1 fully saturated rings. The van der Waals surface area contributed by atoms with Crippen LogP contribution in [0.15, 0.2) is 15.5 Å². The van der Waals surface area contributed by atoms with E-state index in [1.54, 1.807) is 13.0 Å². The molecule has 0 aliphatic carbocycles. The van der Waals surface area contributed by atoms with E-state index in [-0.39, 0.29) is 35.8 Å². The van der Waals surface area contributed by atoms with Crippen molar-refractivity contribution in [1.82, 2.24) is 10.2 Å². The Kier molecular flexibility index (Phi) is 9.61. The molecule has 27 heavy (non-hydrogen) atoms. The fraction of sp³-hybridized carbons (Fsp3) is 0.611. The number of ether oxygens (including phenoxy) is 1. The molecule has 2 rings (SSSR count). The number of piperidine rings is 1. The van der Waals surface area contributed by atoms with E-state index in [2.05, 4.69) is 15.2 Å². The predicted molar refractivity (Wildman–Crippen MR) is 113 cm³/mol. The third kappa shape index (κ3) is 6.71. The van der Waals surface area contributed by atoms with Gasteiger partial charge in [-0.3, -0.25) is 4.79 Å². The molecule has 1 aliphatic heterocycles. The molecule has 152 valence electrons. The number of furan rings is 1. The number of amides is 1. The number of hydrogen-bond donors (Lipinski definition) is 2. The van der Waals surface area contributed by atoms with Crippen LogP contribution in [0, 0.1) is 12.8 Å². The van der Waals surface area contributed by atoms with E-state index in [1.807, 2.05) is 6.92 Å². The maximum Gasteiger partial charge on any atom is 0.341 e. The van der Waals surface area contributed by atoms with Crippen LogP contribution in [0.1, 0.15) is 48.1 Å². The molecule has 1 aliphatic rings. The molecule has 1 amide bonds. The van der Waals surface area contributed by atoms with Gasteiger partial charge >= 0.3 is 5.97 Å². The average Bonchev–Trinajstić information content (AvgIpc) is 2.98. The van der Waals surface area contributed by atoms with Gasteiger partial charge in [0.2, 0.25) is 5.91 Å². The number of aliphatic imine (C=N–C) groups is 1. The van der Waals surface area contributed by atoms with Crippen molar-refractivity contribution in [2.24, 2.45) is 16.6 Å². The maximum absolute atomic E-state index is 11.7. The third-order valence-electron chi connectivity index (χ3n) is 4.40. The summed E-state index contributed by atoms with van der Waals surface area (Å²) < 4.78 is 10.4. The third-order valence-corrected chi connectivity index (χ3v) is 4.40. The van der Waals surface area contributed by atoms with Gasteiger partial charge in [-0.05, 0) is 38.7 Å². The minimum atomic E-state index is -0.418. The first kappa shape index (κ1) is 23.3. The molecule has 1 aromatic rings. The molecule has 1 atom stereocenters. The van der Waals surface area contributed by atoms with Crippen molar-refractivity contribution >= 4 is 41.8 Å². The second kappa shape index (κ2) is 11.2. The Bertz CT molecular complexity index is 674. The van der Waals surface area contributed by atoms with E-state index >= 15 is 0 Å². The first-order valence-corrected chi connectivity index (χ1v) is 8.93. The first-order chi connectivity index (χ1) is 12.4. The SMILES string of the molecule is CCNC(=NCc1cc(C(=O)OC)c(C)o1)N1CCCC(CC(N)=O)C1.I. The number of carbonyl (C=O) groups is 2. The highest BCUT2D eigenvalue weighted by atomic mass is 127.